The Kier molecular flexibility index (Phi) is 7.31. The van der Waals surface area contributed by atoms with Crippen LogP contribution < -0.4 is 19.5 Å². The zero-order chi connectivity index (χ0) is 24.2. The Hall–Kier alpha value is -3.48. The van der Waals surface area contributed by atoms with Crippen molar-refractivity contribution < 1.29 is 32.2 Å². The number of thiazole rings is 1. The number of anilines is 2. The average Bonchev–Trinajstić information content (AvgIpc) is 3.25. The lowest BCUT2D eigenvalue weighted by molar-refractivity contribution is -0.115. The van der Waals surface area contributed by atoms with Crippen molar-refractivity contribution in [3.8, 4) is 11.5 Å². The van der Waals surface area contributed by atoms with Gasteiger partial charge in [0.05, 0.1) is 30.5 Å². The van der Waals surface area contributed by atoms with Gasteiger partial charge < -0.3 is 14.2 Å². The summed E-state index contributed by atoms with van der Waals surface area (Å²) >= 11 is 1.19. The van der Waals surface area contributed by atoms with E-state index in [0.717, 1.165) is 6.07 Å². The molecule has 0 unspecified atom stereocenters. The van der Waals surface area contributed by atoms with E-state index >= 15 is 0 Å². The lowest BCUT2D eigenvalue weighted by atomic mass is 10.2. The lowest BCUT2D eigenvalue weighted by Crippen LogP contribution is -2.23. The molecule has 174 valence electrons. The number of carbonyl (C=O) groups excluding carboxylic acids is 2. The first-order chi connectivity index (χ1) is 15.7. The number of primary sulfonamides is 1. The summed E-state index contributed by atoms with van der Waals surface area (Å²) in [5.41, 5.74) is 0.819. The number of carbonyl (C=O) groups is 2. The first-order valence-corrected chi connectivity index (χ1v) is 11.8. The molecule has 0 spiro atoms. The van der Waals surface area contributed by atoms with Crippen LogP contribution in [0.4, 0.5) is 10.8 Å². The van der Waals surface area contributed by atoms with Gasteiger partial charge >= 0.3 is 5.97 Å². The Morgan fingerprint density at radius 3 is 2.42 bits per heavy atom. The van der Waals surface area contributed by atoms with E-state index in [-0.39, 0.29) is 28.7 Å². The molecule has 0 saturated heterocycles. The Morgan fingerprint density at radius 1 is 1.09 bits per heavy atom. The molecule has 1 aromatic heterocycles. The summed E-state index contributed by atoms with van der Waals surface area (Å²) in [7, 11) is -1.18. The molecule has 0 aliphatic rings. The highest BCUT2D eigenvalue weighted by atomic mass is 32.2. The molecule has 0 fully saturated rings. The van der Waals surface area contributed by atoms with Crippen molar-refractivity contribution in [2.75, 3.05) is 19.1 Å². The van der Waals surface area contributed by atoms with Gasteiger partial charge in [-0.2, -0.15) is 0 Å². The topological polar surface area (TPSA) is 138 Å². The molecule has 0 aliphatic heterocycles. The number of esters is 1. The van der Waals surface area contributed by atoms with Gasteiger partial charge in [-0.15, -0.1) is 11.3 Å². The third-order valence-corrected chi connectivity index (χ3v) is 6.23. The van der Waals surface area contributed by atoms with E-state index in [1.165, 1.54) is 49.5 Å². The summed E-state index contributed by atoms with van der Waals surface area (Å²) in [5.74, 6) is -0.468. The highest BCUT2D eigenvalue weighted by Crippen LogP contribution is 2.35. The molecule has 2 N–H and O–H groups in total. The number of methoxy groups -OCH3 is 2. The second kappa shape index (κ2) is 9.98. The van der Waals surface area contributed by atoms with E-state index in [1.807, 2.05) is 0 Å². The van der Waals surface area contributed by atoms with E-state index in [1.54, 1.807) is 29.6 Å². The fraction of sp³-hybridized carbons (Fsp3) is 0.190. The van der Waals surface area contributed by atoms with Crippen molar-refractivity contribution in [3.05, 3.63) is 59.1 Å². The number of benzene rings is 2. The van der Waals surface area contributed by atoms with Gasteiger partial charge in [0.1, 0.15) is 23.7 Å². The van der Waals surface area contributed by atoms with E-state index in [4.69, 9.17) is 19.3 Å². The number of hydrogen-bond acceptors (Lipinski definition) is 9. The molecule has 1 amide bonds. The molecular weight excluding hydrogens is 470 g/mol. The first kappa shape index (κ1) is 24.2. The molecule has 10 nitrogen and oxygen atoms in total. The Labute approximate surface area is 194 Å². The number of amides is 1. The first-order valence-electron chi connectivity index (χ1n) is 9.41. The molecule has 0 aliphatic carbocycles. The average molecular weight is 492 g/mol. The third kappa shape index (κ3) is 5.48. The maximum absolute atomic E-state index is 12.6. The van der Waals surface area contributed by atoms with Crippen molar-refractivity contribution in [1.82, 2.24) is 4.98 Å². The lowest BCUT2D eigenvalue weighted by Gasteiger charge is -2.20. The van der Waals surface area contributed by atoms with Crippen LogP contribution in [0.1, 0.15) is 23.0 Å². The van der Waals surface area contributed by atoms with E-state index in [0.29, 0.717) is 22.3 Å². The van der Waals surface area contributed by atoms with Gasteiger partial charge in [0, 0.05) is 12.3 Å². The molecule has 2 aromatic carbocycles. The number of hydrogen-bond donors (Lipinski definition) is 1. The van der Waals surface area contributed by atoms with Crippen molar-refractivity contribution >= 4 is 44.1 Å². The van der Waals surface area contributed by atoms with Crippen LogP contribution in [-0.4, -0.2) is 39.5 Å². The number of sulfonamides is 1. The molecule has 1 heterocycles. The summed E-state index contributed by atoms with van der Waals surface area (Å²) < 4.78 is 39.0. The van der Waals surface area contributed by atoms with Gasteiger partial charge in [0.25, 0.3) is 0 Å². The Bertz CT molecular complexity index is 1290. The van der Waals surface area contributed by atoms with Gasteiger partial charge in [-0.1, -0.05) is 12.1 Å². The predicted octanol–water partition coefficient (Wildman–Crippen LogP) is 2.85. The van der Waals surface area contributed by atoms with Crippen molar-refractivity contribution in [2.45, 2.75) is 18.4 Å². The largest absolute Gasteiger partial charge is 0.496 e. The van der Waals surface area contributed by atoms with Crippen LogP contribution in [0.2, 0.25) is 0 Å². The number of rotatable bonds is 8. The molecule has 3 aromatic rings. The number of aromatic nitrogens is 1. The van der Waals surface area contributed by atoms with E-state index < -0.39 is 16.0 Å². The van der Waals surface area contributed by atoms with Crippen LogP contribution in [0.15, 0.2) is 52.7 Å². The van der Waals surface area contributed by atoms with Crippen LogP contribution in [0.5, 0.6) is 11.5 Å². The fourth-order valence-corrected chi connectivity index (χ4v) is 4.33. The van der Waals surface area contributed by atoms with Crippen LogP contribution in [-0.2, 0) is 26.2 Å². The predicted molar refractivity (Wildman–Crippen MR) is 121 cm³/mol. The summed E-state index contributed by atoms with van der Waals surface area (Å²) in [6.07, 6.45) is 0. The molecule has 0 radical (unpaired) electrons. The van der Waals surface area contributed by atoms with E-state index in [2.05, 4.69) is 4.98 Å². The summed E-state index contributed by atoms with van der Waals surface area (Å²) in [4.78, 5) is 30.5. The maximum atomic E-state index is 12.6. The minimum Gasteiger partial charge on any atom is -0.496 e. The second-order valence-electron chi connectivity index (χ2n) is 6.63. The van der Waals surface area contributed by atoms with Crippen LogP contribution in [0, 0.1) is 0 Å². The van der Waals surface area contributed by atoms with Gasteiger partial charge in [-0.25, -0.2) is 23.3 Å². The Morgan fingerprint density at radius 2 is 1.79 bits per heavy atom. The van der Waals surface area contributed by atoms with E-state index in [9.17, 15) is 18.0 Å². The minimum absolute atomic E-state index is 0.0983. The molecule has 0 saturated carbocycles. The smallest absolute Gasteiger partial charge is 0.342 e. The zero-order valence-electron chi connectivity index (χ0n) is 18.0. The molecule has 3 rings (SSSR count). The molecule has 0 bridgehead atoms. The number of nitrogens with two attached hydrogens (primary N) is 1. The quantitative estimate of drug-likeness (QED) is 0.475. The SMILES string of the molecule is COc1ccc(S(N)(=O)=O)cc1C(=O)OCc1csc(N(C(C)=O)c2ccccc2OC)n1. The monoisotopic (exact) mass is 491 g/mol. The summed E-state index contributed by atoms with van der Waals surface area (Å²) in [6.45, 7) is 1.19. The Balaban J connectivity index is 1.81. The van der Waals surface area contributed by atoms with Gasteiger partial charge in [-0.3, -0.25) is 9.69 Å². The summed E-state index contributed by atoms with van der Waals surface area (Å²) in [5, 5.41) is 7.15. The standard InChI is InChI=1S/C21H21N3O7S2/c1-13(25)24(17-6-4-5-7-19(17)30-3)21-23-14(12-32-21)11-31-20(26)16-10-15(33(22,27)28)8-9-18(16)29-2/h4-10,12H,11H2,1-3H3,(H2,22,27,28). The van der Waals surface area contributed by atoms with Gasteiger partial charge in [0.2, 0.25) is 15.9 Å². The molecule has 0 atom stereocenters. The highest BCUT2D eigenvalue weighted by molar-refractivity contribution is 7.89. The van der Waals surface area contributed by atoms with Crippen molar-refractivity contribution in [2.24, 2.45) is 5.14 Å². The highest BCUT2D eigenvalue weighted by Gasteiger charge is 2.22. The fourth-order valence-electron chi connectivity index (χ4n) is 2.93. The van der Waals surface area contributed by atoms with Gasteiger partial charge in [-0.05, 0) is 30.3 Å². The minimum atomic E-state index is -4.02. The third-order valence-electron chi connectivity index (χ3n) is 4.44. The zero-order valence-corrected chi connectivity index (χ0v) is 19.6. The van der Waals surface area contributed by atoms with Gasteiger partial charge in [0.15, 0.2) is 5.13 Å². The second-order valence-corrected chi connectivity index (χ2v) is 9.03. The number of ether oxygens (including phenoxy) is 3. The molecular formula is C21H21N3O7S2. The normalized spacial score (nSPS) is 11.0. The molecule has 12 heteroatoms. The maximum Gasteiger partial charge on any atom is 0.342 e. The number of nitrogens with zero attached hydrogens (tertiary/aromatic N) is 2. The number of para-hydroxylation sites is 2. The van der Waals surface area contributed by atoms with Crippen molar-refractivity contribution in [1.29, 1.82) is 0 Å². The van der Waals surface area contributed by atoms with Crippen molar-refractivity contribution in [3.63, 3.8) is 0 Å². The van der Waals surface area contributed by atoms with Crippen LogP contribution in [0.3, 0.4) is 0 Å². The van der Waals surface area contributed by atoms with Crippen LogP contribution in [0.25, 0.3) is 0 Å². The van der Waals surface area contributed by atoms with Crippen LogP contribution >= 0.6 is 11.3 Å². The molecule has 33 heavy (non-hydrogen) atoms. The summed E-state index contributed by atoms with van der Waals surface area (Å²) in [6, 6.07) is 10.6.